The predicted molar refractivity (Wildman–Crippen MR) is 90.1 cm³/mol. The number of fused-ring (bicyclic) bond motifs is 3. The molecule has 0 aliphatic carbocycles. The molecule has 23 heavy (non-hydrogen) atoms. The second kappa shape index (κ2) is 5.96. The molecule has 0 amide bonds. The number of nitrogens with one attached hydrogen (secondary N) is 2. The third-order valence-electron chi connectivity index (χ3n) is 4.64. The van der Waals surface area contributed by atoms with Crippen molar-refractivity contribution in [2.24, 2.45) is 0 Å². The minimum absolute atomic E-state index is 0.00899. The van der Waals surface area contributed by atoms with Gasteiger partial charge in [0.15, 0.2) is 0 Å². The van der Waals surface area contributed by atoms with Crippen LogP contribution in [0.4, 0.5) is 0 Å². The summed E-state index contributed by atoms with van der Waals surface area (Å²) in [6.45, 7) is 6.33. The van der Waals surface area contributed by atoms with Gasteiger partial charge in [-0.1, -0.05) is 11.6 Å². The van der Waals surface area contributed by atoms with Crippen molar-refractivity contribution in [3.8, 4) is 0 Å². The number of nitrogens with two attached hydrogens (primary N) is 1. The van der Waals surface area contributed by atoms with E-state index in [2.05, 4.69) is 15.3 Å². The summed E-state index contributed by atoms with van der Waals surface area (Å²) < 4.78 is 1.71. The van der Waals surface area contributed by atoms with Crippen molar-refractivity contribution in [2.75, 3.05) is 32.7 Å². The highest BCUT2D eigenvalue weighted by atomic mass is 35.5. The molecule has 4 rings (SSSR count). The van der Waals surface area contributed by atoms with Crippen LogP contribution in [-0.2, 0) is 6.54 Å². The Hall–Kier alpha value is -1.89. The van der Waals surface area contributed by atoms with Gasteiger partial charge in [-0.3, -0.25) is 9.36 Å². The van der Waals surface area contributed by atoms with E-state index in [9.17, 15) is 4.79 Å². The second-order valence-corrected chi connectivity index (χ2v) is 6.58. The first-order chi connectivity index (χ1) is 11.2. The van der Waals surface area contributed by atoms with Crippen LogP contribution in [0.5, 0.6) is 0 Å². The quantitative estimate of drug-likeness (QED) is 0.575. The molecule has 1 aromatic carbocycles. The van der Waals surface area contributed by atoms with Crippen LogP contribution in [0.1, 0.15) is 0 Å². The van der Waals surface area contributed by atoms with Crippen LogP contribution in [0.2, 0.25) is 5.02 Å². The standard InChI is InChI=1S/C16H18ClN5O/c17-11-1-2-13-12(9-11)14-15(20-13)16(23)22(10-19-14)8-7-21-5-3-18-4-6-21/h1-2,9-10,18,20H,3-8H2/p+2. The molecule has 1 aliphatic heterocycles. The summed E-state index contributed by atoms with van der Waals surface area (Å²) in [7, 11) is 0. The van der Waals surface area contributed by atoms with E-state index in [0.29, 0.717) is 22.6 Å². The summed E-state index contributed by atoms with van der Waals surface area (Å²) >= 11 is 6.05. The third kappa shape index (κ3) is 2.73. The van der Waals surface area contributed by atoms with Crippen LogP contribution in [0, 0.1) is 0 Å². The molecule has 1 fully saturated rings. The van der Waals surface area contributed by atoms with Crippen molar-refractivity contribution in [1.29, 1.82) is 0 Å². The molecule has 4 N–H and O–H groups in total. The summed E-state index contributed by atoms with van der Waals surface area (Å²) in [4.78, 5) is 21.9. The minimum Gasteiger partial charge on any atom is -0.349 e. The highest BCUT2D eigenvalue weighted by Crippen LogP contribution is 2.24. The Morgan fingerprint density at radius 2 is 2.17 bits per heavy atom. The molecule has 0 spiro atoms. The van der Waals surface area contributed by atoms with Gasteiger partial charge in [-0.15, -0.1) is 0 Å². The van der Waals surface area contributed by atoms with Crippen molar-refractivity contribution in [1.82, 2.24) is 14.5 Å². The van der Waals surface area contributed by atoms with Crippen LogP contribution in [0.15, 0.2) is 29.3 Å². The van der Waals surface area contributed by atoms with Crippen LogP contribution >= 0.6 is 11.6 Å². The number of piperazine rings is 1. The summed E-state index contributed by atoms with van der Waals surface area (Å²) in [6.07, 6.45) is 1.66. The van der Waals surface area contributed by atoms with E-state index >= 15 is 0 Å². The van der Waals surface area contributed by atoms with Gasteiger partial charge < -0.3 is 15.2 Å². The summed E-state index contributed by atoms with van der Waals surface area (Å²) in [5, 5.41) is 3.89. The monoisotopic (exact) mass is 333 g/mol. The number of rotatable bonds is 3. The van der Waals surface area contributed by atoms with Gasteiger partial charge in [0.25, 0.3) is 5.56 Å². The van der Waals surface area contributed by atoms with E-state index in [1.54, 1.807) is 15.8 Å². The molecule has 1 saturated heterocycles. The van der Waals surface area contributed by atoms with Gasteiger partial charge in [-0.25, -0.2) is 4.98 Å². The molecule has 6 nitrogen and oxygen atoms in total. The Kier molecular flexibility index (Phi) is 3.80. The zero-order valence-corrected chi connectivity index (χ0v) is 13.6. The molecule has 0 atom stereocenters. The van der Waals surface area contributed by atoms with Crippen molar-refractivity contribution < 1.29 is 10.2 Å². The molecule has 1 aliphatic rings. The van der Waals surface area contributed by atoms with Gasteiger partial charge >= 0.3 is 0 Å². The first-order valence-electron chi connectivity index (χ1n) is 8.04. The molecule has 0 radical (unpaired) electrons. The second-order valence-electron chi connectivity index (χ2n) is 6.15. The predicted octanol–water partition coefficient (Wildman–Crippen LogP) is -1.01. The van der Waals surface area contributed by atoms with Crippen molar-refractivity contribution in [3.63, 3.8) is 0 Å². The zero-order chi connectivity index (χ0) is 15.8. The smallest absolute Gasteiger partial charge is 0.277 e. The Morgan fingerprint density at radius 1 is 1.35 bits per heavy atom. The first kappa shape index (κ1) is 14.7. The lowest BCUT2D eigenvalue weighted by Gasteiger charge is -2.22. The van der Waals surface area contributed by atoms with Gasteiger partial charge in [0.05, 0.1) is 19.4 Å². The third-order valence-corrected chi connectivity index (χ3v) is 4.88. The van der Waals surface area contributed by atoms with E-state index in [1.807, 2.05) is 18.2 Å². The van der Waals surface area contributed by atoms with Crippen molar-refractivity contribution in [2.45, 2.75) is 6.54 Å². The van der Waals surface area contributed by atoms with Gasteiger partial charge in [0.1, 0.15) is 37.2 Å². The van der Waals surface area contributed by atoms with Crippen LogP contribution in [0.3, 0.4) is 0 Å². The lowest BCUT2D eigenvalue weighted by molar-refractivity contribution is -0.947. The lowest BCUT2D eigenvalue weighted by atomic mass is 10.2. The Bertz CT molecular complexity index is 910. The normalized spacial score (nSPS) is 16.4. The molecule has 7 heteroatoms. The molecule has 0 bridgehead atoms. The molecule has 3 aromatic rings. The number of hydrogen-bond donors (Lipinski definition) is 3. The van der Waals surface area contributed by atoms with Gasteiger partial charge in [0.2, 0.25) is 0 Å². The largest absolute Gasteiger partial charge is 0.349 e. The van der Waals surface area contributed by atoms with Crippen LogP contribution in [-0.4, -0.2) is 47.3 Å². The number of halogens is 1. The summed E-state index contributed by atoms with van der Waals surface area (Å²) in [5.74, 6) is 0. The fourth-order valence-corrected chi connectivity index (χ4v) is 3.50. The zero-order valence-electron chi connectivity index (χ0n) is 12.8. The molecule has 120 valence electrons. The first-order valence-corrected chi connectivity index (χ1v) is 8.42. The fraction of sp³-hybridized carbons (Fsp3) is 0.375. The van der Waals surface area contributed by atoms with Gasteiger partial charge in [0, 0.05) is 15.9 Å². The molecule has 0 saturated carbocycles. The Balaban J connectivity index is 1.67. The summed E-state index contributed by atoms with van der Waals surface area (Å²) in [5.41, 5.74) is 2.14. The van der Waals surface area contributed by atoms with E-state index < -0.39 is 0 Å². The Morgan fingerprint density at radius 3 is 3.00 bits per heavy atom. The lowest BCUT2D eigenvalue weighted by Crippen LogP contribution is -3.20. The molecule has 3 heterocycles. The minimum atomic E-state index is -0.00899. The van der Waals surface area contributed by atoms with Crippen molar-refractivity contribution in [3.05, 3.63) is 39.9 Å². The highest BCUT2D eigenvalue weighted by Gasteiger charge is 2.16. The summed E-state index contributed by atoms with van der Waals surface area (Å²) in [6, 6.07) is 5.55. The van der Waals surface area contributed by atoms with E-state index in [-0.39, 0.29) is 5.56 Å². The molecule has 2 aromatic heterocycles. The average Bonchev–Trinajstić information content (AvgIpc) is 2.94. The maximum Gasteiger partial charge on any atom is 0.277 e. The number of quaternary nitrogens is 2. The van der Waals surface area contributed by atoms with Crippen LogP contribution in [0.25, 0.3) is 21.9 Å². The maximum absolute atomic E-state index is 12.7. The Labute approximate surface area is 138 Å². The number of nitrogens with zero attached hydrogens (tertiary/aromatic N) is 2. The van der Waals surface area contributed by atoms with Crippen molar-refractivity contribution >= 4 is 33.5 Å². The van der Waals surface area contributed by atoms with Crippen LogP contribution < -0.4 is 15.8 Å². The van der Waals surface area contributed by atoms with E-state index in [0.717, 1.165) is 30.5 Å². The number of aromatic amines is 1. The fourth-order valence-electron chi connectivity index (χ4n) is 3.33. The topological polar surface area (TPSA) is 71.7 Å². The SMILES string of the molecule is O=c1c2[nH]c3ccc(Cl)cc3c2ncn1CC[NH+]1CC[NH2+]CC1. The number of benzene rings is 1. The highest BCUT2D eigenvalue weighted by molar-refractivity contribution is 6.31. The maximum atomic E-state index is 12.7. The van der Waals surface area contributed by atoms with E-state index in [4.69, 9.17) is 11.6 Å². The molecule has 0 unspecified atom stereocenters. The molecular weight excluding hydrogens is 314 g/mol. The van der Waals surface area contributed by atoms with Gasteiger partial charge in [-0.05, 0) is 18.2 Å². The number of hydrogen-bond acceptors (Lipinski definition) is 2. The molecular formula is C16H20ClN5O+2. The average molecular weight is 334 g/mol. The number of H-pyrrole nitrogens is 1. The number of aromatic nitrogens is 3. The van der Waals surface area contributed by atoms with Gasteiger partial charge in [-0.2, -0.15) is 0 Å². The van der Waals surface area contributed by atoms with E-state index in [1.165, 1.54) is 13.1 Å².